The van der Waals surface area contributed by atoms with Crippen molar-refractivity contribution in [1.29, 1.82) is 0 Å². The number of aliphatic carboxylic acids is 1. The second-order valence-corrected chi connectivity index (χ2v) is 8.03. The van der Waals surface area contributed by atoms with Gasteiger partial charge >= 0.3 is 5.97 Å². The summed E-state index contributed by atoms with van der Waals surface area (Å²) in [7, 11) is 1.30. The van der Waals surface area contributed by atoms with Crippen molar-refractivity contribution < 1.29 is 24.2 Å². The van der Waals surface area contributed by atoms with Gasteiger partial charge in [0.05, 0.1) is 12.7 Å². The quantitative estimate of drug-likeness (QED) is 0.777. The molecule has 2 fully saturated rings. The largest absolute Gasteiger partial charge is 0.550 e. The summed E-state index contributed by atoms with van der Waals surface area (Å²) in [6.45, 7) is 2.04. The SMILES string of the molecule is CCCc1cc(C(=O)OC)c(NC(=O)[C@H]2[C@@H]3CC[C@H](C3)[C@@H]2C(=O)[O-])s1. The number of anilines is 1. The molecule has 0 unspecified atom stereocenters. The first kappa shape index (κ1) is 17.9. The zero-order valence-electron chi connectivity index (χ0n) is 14.4. The van der Waals surface area contributed by atoms with Gasteiger partial charge in [0, 0.05) is 22.7 Å². The van der Waals surface area contributed by atoms with Gasteiger partial charge in [0.1, 0.15) is 5.00 Å². The van der Waals surface area contributed by atoms with E-state index in [0.29, 0.717) is 10.6 Å². The summed E-state index contributed by atoms with van der Waals surface area (Å²) < 4.78 is 4.80. The minimum atomic E-state index is -1.14. The molecule has 1 N–H and O–H groups in total. The average molecular weight is 364 g/mol. The second kappa shape index (κ2) is 7.15. The first-order valence-electron chi connectivity index (χ1n) is 8.69. The van der Waals surface area contributed by atoms with E-state index in [0.717, 1.165) is 37.0 Å². The van der Waals surface area contributed by atoms with E-state index in [2.05, 4.69) is 5.32 Å². The third-order valence-electron chi connectivity index (χ3n) is 5.41. The summed E-state index contributed by atoms with van der Waals surface area (Å²) in [5, 5.41) is 14.8. The molecule has 1 aromatic heterocycles. The third-order valence-corrected chi connectivity index (χ3v) is 6.52. The second-order valence-electron chi connectivity index (χ2n) is 6.89. The van der Waals surface area contributed by atoms with Crippen LogP contribution in [0.1, 0.15) is 47.8 Å². The summed E-state index contributed by atoms with van der Waals surface area (Å²) in [5.41, 5.74) is 0.331. The van der Waals surface area contributed by atoms with Crippen LogP contribution in [0.15, 0.2) is 6.07 Å². The van der Waals surface area contributed by atoms with Crippen molar-refractivity contribution in [3.05, 3.63) is 16.5 Å². The highest BCUT2D eigenvalue weighted by Crippen LogP contribution is 2.52. The van der Waals surface area contributed by atoms with Crippen molar-refractivity contribution in [1.82, 2.24) is 0 Å². The summed E-state index contributed by atoms with van der Waals surface area (Å²) in [6.07, 6.45) is 4.22. The zero-order chi connectivity index (χ0) is 18.1. The number of thiophene rings is 1. The molecule has 3 rings (SSSR count). The van der Waals surface area contributed by atoms with Gasteiger partial charge in [0.15, 0.2) is 0 Å². The Morgan fingerprint density at radius 1 is 1.28 bits per heavy atom. The Bertz CT molecular complexity index is 698. The molecule has 0 aliphatic heterocycles. The molecule has 1 amide bonds. The molecule has 2 aliphatic rings. The highest BCUT2D eigenvalue weighted by Gasteiger charge is 2.51. The lowest BCUT2D eigenvalue weighted by Crippen LogP contribution is -2.44. The van der Waals surface area contributed by atoms with Crippen molar-refractivity contribution >= 4 is 34.2 Å². The molecule has 25 heavy (non-hydrogen) atoms. The van der Waals surface area contributed by atoms with Gasteiger partial charge in [-0.1, -0.05) is 13.3 Å². The number of rotatable bonds is 6. The van der Waals surface area contributed by atoms with E-state index in [9.17, 15) is 19.5 Å². The summed E-state index contributed by atoms with van der Waals surface area (Å²) >= 11 is 1.35. The number of nitrogens with one attached hydrogen (secondary N) is 1. The average Bonchev–Trinajstić information content (AvgIpc) is 3.28. The number of amides is 1. The number of hydrogen-bond donors (Lipinski definition) is 1. The van der Waals surface area contributed by atoms with Crippen molar-refractivity contribution in [3.63, 3.8) is 0 Å². The zero-order valence-corrected chi connectivity index (χ0v) is 15.2. The number of aryl methyl sites for hydroxylation is 1. The van der Waals surface area contributed by atoms with Gasteiger partial charge in [-0.15, -0.1) is 11.3 Å². The predicted molar refractivity (Wildman–Crippen MR) is 91.1 cm³/mol. The van der Waals surface area contributed by atoms with Crippen LogP contribution in [0, 0.1) is 23.7 Å². The number of esters is 1. The normalized spacial score (nSPS) is 27.3. The van der Waals surface area contributed by atoms with Gasteiger partial charge in [-0.2, -0.15) is 0 Å². The van der Waals surface area contributed by atoms with Crippen molar-refractivity contribution in [3.8, 4) is 0 Å². The van der Waals surface area contributed by atoms with Crippen molar-refractivity contribution in [2.45, 2.75) is 39.0 Å². The smallest absolute Gasteiger partial charge is 0.340 e. The van der Waals surface area contributed by atoms with Crippen LogP contribution in [0.4, 0.5) is 5.00 Å². The molecule has 136 valence electrons. The Labute approximate surface area is 150 Å². The number of carboxylic acid groups (broad SMARTS) is 1. The standard InChI is InChI=1S/C18H23NO5S/c1-3-4-11-8-12(18(23)24-2)16(25-11)19-15(20)13-9-5-6-10(7-9)14(13)17(21)22/h8-10,13-14H,3-7H2,1-2H3,(H,19,20)(H,21,22)/p-1/t9-,10-,13+,14+/m1/s1. The minimum Gasteiger partial charge on any atom is -0.550 e. The lowest BCUT2D eigenvalue weighted by Gasteiger charge is -2.30. The van der Waals surface area contributed by atoms with E-state index < -0.39 is 23.8 Å². The van der Waals surface area contributed by atoms with Gasteiger partial charge in [0.25, 0.3) is 0 Å². The molecular weight excluding hydrogens is 342 g/mol. The van der Waals surface area contributed by atoms with Crippen LogP contribution in [0.2, 0.25) is 0 Å². The predicted octanol–water partition coefficient (Wildman–Crippen LogP) is 1.84. The molecule has 0 aromatic carbocycles. The first-order chi connectivity index (χ1) is 12.0. The van der Waals surface area contributed by atoms with E-state index in [-0.39, 0.29) is 17.7 Å². The number of fused-ring (bicyclic) bond motifs is 2. The number of carbonyl (C=O) groups excluding carboxylic acids is 3. The minimum absolute atomic E-state index is 0.0322. The van der Waals surface area contributed by atoms with Crippen LogP contribution in [-0.2, 0) is 20.7 Å². The Hall–Kier alpha value is -1.89. The number of ether oxygens (including phenoxy) is 1. The molecule has 2 bridgehead atoms. The topological polar surface area (TPSA) is 95.5 Å². The molecule has 6 nitrogen and oxygen atoms in total. The molecule has 1 aromatic rings. The summed E-state index contributed by atoms with van der Waals surface area (Å²) in [5.74, 6) is -3.15. The van der Waals surface area contributed by atoms with Gasteiger partial charge < -0.3 is 20.0 Å². The van der Waals surface area contributed by atoms with E-state index in [1.807, 2.05) is 6.92 Å². The molecule has 7 heteroatoms. The summed E-state index contributed by atoms with van der Waals surface area (Å²) in [6, 6.07) is 1.74. The van der Waals surface area contributed by atoms with E-state index >= 15 is 0 Å². The maximum Gasteiger partial charge on any atom is 0.340 e. The lowest BCUT2D eigenvalue weighted by atomic mass is 9.79. The number of carboxylic acids is 1. The maximum absolute atomic E-state index is 12.8. The van der Waals surface area contributed by atoms with Crippen LogP contribution >= 0.6 is 11.3 Å². The fraction of sp³-hybridized carbons (Fsp3) is 0.611. The van der Waals surface area contributed by atoms with Crippen LogP contribution < -0.4 is 10.4 Å². The molecule has 0 radical (unpaired) electrons. The molecular formula is C18H22NO5S-. The lowest BCUT2D eigenvalue weighted by molar-refractivity contribution is -0.314. The van der Waals surface area contributed by atoms with E-state index in [1.54, 1.807) is 6.07 Å². The molecule has 0 saturated heterocycles. The van der Waals surface area contributed by atoms with Crippen LogP contribution in [0.25, 0.3) is 0 Å². The number of methoxy groups -OCH3 is 1. The fourth-order valence-corrected chi connectivity index (χ4v) is 5.52. The van der Waals surface area contributed by atoms with E-state index in [4.69, 9.17) is 4.74 Å². The first-order valence-corrected chi connectivity index (χ1v) is 9.50. The highest BCUT2D eigenvalue weighted by atomic mass is 32.1. The Morgan fingerprint density at radius 3 is 2.56 bits per heavy atom. The Morgan fingerprint density at radius 2 is 1.96 bits per heavy atom. The summed E-state index contributed by atoms with van der Waals surface area (Å²) in [4.78, 5) is 37.3. The van der Waals surface area contributed by atoms with Gasteiger partial charge in [-0.05, 0) is 43.6 Å². The van der Waals surface area contributed by atoms with Crippen molar-refractivity contribution in [2.75, 3.05) is 12.4 Å². The van der Waals surface area contributed by atoms with Crippen LogP contribution in [0.3, 0.4) is 0 Å². The maximum atomic E-state index is 12.8. The van der Waals surface area contributed by atoms with Crippen LogP contribution in [0.5, 0.6) is 0 Å². The molecule has 1 heterocycles. The fourth-order valence-electron chi connectivity index (χ4n) is 4.37. The number of carbonyl (C=O) groups is 3. The van der Waals surface area contributed by atoms with Gasteiger partial charge in [-0.3, -0.25) is 4.79 Å². The van der Waals surface area contributed by atoms with E-state index in [1.165, 1.54) is 18.4 Å². The highest BCUT2D eigenvalue weighted by molar-refractivity contribution is 7.16. The van der Waals surface area contributed by atoms with Gasteiger partial charge in [-0.25, -0.2) is 4.79 Å². The Kier molecular flexibility index (Phi) is 5.13. The van der Waals surface area contributed by atoms with Gasteiger partial charge in [0.2, 0.25) is 5.91 Å². The van der Waals surface area contributed by atoms with Crippen LogP contribution in [-0.4, -0.2) is 25.0 Å². The molecule has 2 aliphatic carbocycles. The van der Waals surface area contributed by atoms with Crippen molar-refractivity contribution in [2.24, 2.45) is 23.7 Å². The monoisotopic (exact) mass is 364 g/mol. The molecule has 4 atom stereocenters. The number of hydrogen-bond acceptors (Lipinski definition) is 6. The molecule has 0 spiro atoms. The molecule has 2 saturated carbocycles. The Balaban J connectivity index is 1.83. The third kappa shape index (κ3) is 3.29.